The second kappa shape index (κ2) is 10.5. The lowest BCUT2D eigenvalue weighted by atomic mass is 10.1. The first-order valence-corrected chi connectivity index (χ1v) is 11.6. The molecule has 0 fully saturated rings. The van der Waals surface area contributed by atoms with Gasteiger partial charge in [0.25, 0.3) is 5.56 Å². The third-order valence-electron chi connectivity index (χ3n) is 6.11. The van der Waals surface area contributed by atoms with Gasteiger partial charge >= 0.3 is 5.69 Å². The van der Waals surface area contributed by atoms with E-state index in [2.05, 4.69) is 10.3 Å². The van der Waals surface area contributed by atoms with Gasteiger partial charge in [0.05, 0.1) is 18.9 Å². The van der Waals surface area contributed by atoms with E-state index in [0.717, 1.165) is 15.7 Å². The molecule has 1 unspecified atom stereocenters. The van der Waals surface area contributed by atoms with Crippen molar-refractivity contribution in [2.75, 3.05) is 20.6 Å². The minimum atomic E-state index is -0.560. The Morgan fingerprint density at radius 3 is 2.29 bits per heavy atom. The maximum Gasteiger partial charge on any atom is 0.333 e. The summed E-state index contributed by atoms with van der Waals surface area (Å²) in [6.07, 6.45) is 1.55. The first-order valence-electron chi connectivity index (χ1n) is 11.6. The smallest absolute Gasteiger partial charge is 0.333 e. The second-order valence-electron chi connectivity index (χ2n) is 8.64. The summed E-state index contributed by atoms with van der Waals surface area (Å²) in [6, 6.07) is 19.3. The van der Waals surface area contributed by atoms with E-state index < -0.39 is 17.2 Å². The SMILES string of the molecule is CCn1cnc2c1c(=O)n(CC(=O)NCC(c1ccccc1)N(C)C)c(=O)n2Cc1ccccc1. The van der Waals surface area contributed by atoms with Crippen molar-refractivity contribution in [2.45, 2.75) is 32.6 Å². The highest BCUT2D eigenvalue weighted by Gasteiger charge is 2.21. The lowest BCUT2D eigenvalue weighted by molar-refractivity contribution is -0.122. The number of imidazole rings is 1. The molecule has 4 aromatic rings. The number of nitrogens with one attached hydrogen (secondary N) is 1. The van der Waals surface area contributed by atoms with Crippen LogP contribution in [0.5, 0.6) is 0 Å². The summed E-state index contributed by atoms with van der Waals surface area (Å²) in [5.74, 6) is -0.403. The van der Waals surface area contributed by atoms with Crippen LogP contribution in [0.25, 0.3) is 11.2 Å². The number of fused-ring (bicyclic) bond motifs is 1. The fourth-order valence-electron chi connectivity index (χ4n) is 4.21. The highest BCUT2D eigenvalue weighted by Crippen LogP contribution is 2.16. The van der Waals surface area contributed by atoms with Gasteiger partial charge in [0.2, 0.25) is 5.91 Å². The first kappa shape index (κ1) is 24.2. The molecule has 0 saturated carbocycles. The molecule has 2 aromatic carbocycles. The number of aromatic nitrogens is 4. The molecule has 2 aromatic heterocycles. The van der Waals surface area contributed by atoms with Crippen LogP contribution in [0, 0.1) is 0 Å². The van der Waals surface area contributed by atoms with Gasteiger partial charge in [0, 0.05) is 13.1 Å². The van der Waals surface area contributed by atoms with Crippen LogP contribution >= 0.6 is 0 Å². The molecule has 0 aliphatic rings. The monoisotopic (exact) mass is 474 g/mol. The highest BCUT2D eigenvalue weighted by molar-refractivity contribution is 5.76. The van der Waals surface area contributed by atoms with E-state index in [4.69, 9.17) is 0 Å². The maximum atomic E-state index is 13.4. The lowest BCUT2D eigenvalue weighted by Gasteiger charge is -2.25. The fourth-order valence-corrected chi connectivity index (χ4v) is 4.21. The number of carbonyl (C=O) groups excluding carboxylic acids is 1. The number of nitrogens with zero attached hydrogens (tertiary/aromatic N) is 5. The number of benzene rings is 2. The molecule has 9 nitrogen and oxygen atoms in total. The summed E-state index contributed by atoms with van der Waals surface area (Å²) < 4.78 is 4.16. The number of amides is 1. The van der Waals surface area contributed by atoms with Crippen LogP contribution in [0.15, 0.2) is 76.6 Å². The molecule has 0 radical (unpaired) electrons. The third kappa shape index (κ3) is 5.09. The maximum absolute atomic E-state index is 13.4. The summed E-state index contributed by atoms with van der Waals surface area (Å²) in [5.41, 5.74) is 1.51. The van der Waals surface area contributed by atoms with Gasteiger partial charge < -0.3 is 14.8 Å². The minimum Gasteiger partial charge on any atom is -0.353 e. The molecule has 182 valence electrons. The Bertz CT molecular complexity index is 1420. The number of aryl methyl sites for hydroxylation is 1. The van der Waals surface area contributed by atoms with Gasteiger partial charge in [0.1, 0.15) is 6.54 Å². The van der Waals surface area contributed by atoms with Gasteiger partial charge in [-0.3, -0.25) is 14.2 Å². The van der Waals surface area contributed by atoms with Gasteiger partial charge in [-0.2, -0.15) is 0 Å². The summed E-state index contributed by atoms with van der Waals surface area (Å²) in [7, 11) is 3.88. The predicted octanol–water partition coefficient (Wildman–Crippen LogP) is 1.85. The molecule has 0 saturated heterocycles. The Hall–Kier alpha value is -3.98. The zero-order chi connectivity index (χ0) is 24.9. The van der Waals surface area contributed by atoms with Crippen LogP contribution in [-0.2, 0) is 24.4 Å². The molecule has 35 heavy (non-hydrogen) atoms. The van der Waals surface area contributed by atoms with Crippen molar-refractivity contribution in [1.82, 2.24) is 28.9 Å². The van der Waals surface area contributed by atoms with Crippen molar-refractivity contribution in [3.05, 3.63) is 99.0 Å². The summed E-state index contributed by atoms with van der Waals surface area (Å²) in [4.78, 5) is 46.0. The molecule has 0 spiro atoms. The van der Waals surface area contributed by atoms with Crippen molar-refractivity contribution < 1.29 is 4.79 Å². The van der Waals surface area contributed by atoms with Gasteiger partial charge in [-0.15, -0.1) is 0 Å². The predicted molar refractivity (Wildman–Crippen MR) is 135 cm³/mol. The van der Waals surface area contributed by atoms with Crippen molar-refractivity contribution in [2.24, 2.45) is 0 Å². The molecule has 2 heterocycles. The molecule has 0 aliphatic heterocycles. The van der Waals surface area contributed by atoms with E-state index in [-0.39, 0.29) is 19.1 Å². The fraction of sp³-hybridized carbons (Fsp3) is 0.308. The Morgan fingerprint density at radius 1 is 1.00 bits per heavy atom. The number of likely N-dealkylation sites (N-methyl/N-ethyl adjacent to an activating group) is 1. The standard InChI is InChI=1S/C26H30N6O3/c1-4-30-18-28-24-23(30)25(34)32(26(35)31(24)16-19-11-7-5-8-12-19)17-22(33)27-15-21(29(2)3)20-13-9-6-10-14-20/h5-14,18,21H,4,15-17H2,1-3H3,(H,27,33). The second-order valence-corrected chi connectivity index (χ2v) is 8.64. The quantitative estimate of drug-likeness (QED) is 0.400. The molecule has 4 rings (SSSR count). The van der Waals surface area contributed by atoms with E-state index >= 15 is 0 Å². The summed E-state index contributed by atoms with van der Waals surface area (Å²) in [6.45, 7) is 2.64. The number of carbonyl (C=O) groups is 1. The highest BCUT2D eigenvalue weighted by atomic mass is 16.2. The minimum absolute atomic E-state index is 0.0457. The van der Waals surface area contributed by atoms with Crippen LogP contribution < -0.4 is 16.6 Å². The van der Waals surface area contributed by atoms with Gasteiger partial charge in [-0.25, -0.2) is 14.3 Å². The van der Waals surface area contributed by atoms with Crippen molar-refractivity contribution in [1.29, 1.82) is 0 Å². The van der Waals surface area contributed by atoms with Gasteiger partial charge in [-0.05, 0) is 32.1 Å². The van der Waals surface area contributed by atoms with Crippen LogP contribution in [0.3, 0.4) is 0 Å². The van der Waals surface area contributed by atoms with Crippen molar-refractivity contribution in [3.63, 3.8) is 0 Å². The molecule has 1 amide bonds. The van der Waals surface area contributed by atoms with E-state index in [1.807, 2.05) is 86.6 Å². The Kier molecular flexibility index (Phi) is 7.26. The number of hydrogen-bond acceptors (Lipinski definition) is 5. The first-order chi connectivity index (χ1) is 16.9. The van der Waals surface area contributed by atoms with E-state index in [9.17, 15) is 14.4 Å². The molecule has 0 aliphatic carbocycles. The van der Waals surface area contributed by atoms with Gasteiger partial charge in [0.15, 0.2) is 11.2 Å². The average molecular weight is 475 g/mol. The number of hydrogen-bond donors (Lipinski definition) is 1. The Balaban J connectivity index is 1.65. The van der Waals surface area contributed by atoms with E-state index in [0.29, 0.717) is 24.3 Å². The topological polar surface area (TPSA) is 94.2 Å². The normalized spacial score (nSPS) is 12.2. The molecular weight excluding hydrogens is 444 g/mol. The Morgan fingerprint density at radius 2 is 1.66 bits per heavy atom. The average Bonchev–Trinajstić information content (AvgIpc) is 3.30. The largest absolute Gasteiger partial charge is 0.353 e. The molecule has 0 bridgehead atoms. The third-order valence-corrected chi connectivity index (χ3v) is 6.11. The van der Waals surface area contributed by atoms with Crippen LogP contribution in [-0.4, -0.2) is 50.1 Å². The zero-order valence-electron chi connectivity index (χ0n) is 20.2. The van der Waals surface area contributed by atoms with Crippen LogP contribution in [0.1, 0.15) is 24.1 Å². The molecular formula is C26H30N6O3. The Labute approximate surface area is 203 Å². The zero-order valence-corrected chi connectivity index (χ0v) is 20.2. The molecule has 1 atom stereocenters. The van der Waals surface area contributed by atoms with Gasteiger partial charge in [-0.1, -0.05) is 60.7 Å². The van der Waals surface area contributed by atoms with Crippen molar-refractivity contribution >= 4 is 17.1 Å². The lowest BCUT2D eigenvalue weighted by Crippen LogP contribution is -2.45. The van der Waals surface area contributed by atoms with E-state index in [1.165, 1.54) is 4.57 Å². The van der Waals surface area contributed by atoms with Crippen LogP contribution in [0.4, 0.5) is 0 Å². The van der Waals surface area contributed by atoms with E-state index in [1.54, 1.807) is 10.9 Å². The van der Waals surface area contributed by atoms with Crippen molar-refractivity contribution in [3.8, 4) is 0 Å². The molecule has 1 N–H and O–H groups in total. The summed E-state index contributed by atoms with van der Waals surface area (Å²) in [5, 5.41) is 2.89. The number of rotatable bonds is 9. The molecule has 9 heteroatoms. The summed E-state index contributed by atoms with van der Waals surface area (Å²) >= 11 is 0. The van der Waals surface area contributed by atoms with Crippen LogP contribution in [0.2, 0.25) is 0 Å².